The van der Waals surface area contributed by atoms with Gasteiger partial charge in [-0.2, -0.15) is 0 Å². The molecule has 0 aromatic heterocycles. The fraction of sp³-hybridized carbons (Fsp3) is 1.00. The molecule has 1 aliphatic heterocycles. The molecule has 1 fully saturated rings. The summed E-state index contributed by atoms with van der Waals surface area (Å²) in [6, 6.07) is 1.05. The highest BCUT2D eigenvalue weighted by molar-refractivity contribution is 4.85. The smallest absolute Gasteiger partial charge is 0.0667 e. The SMILES string of the molecule is C[C@H](O)[C@@H]1CC[C@H](C)N1C. The normalized spacial score (nSPS) is 38.4. The van der Waals surface area contributed by atoms with Crippen molar-refractivity contribution in [2.45, 2.75) is 44.9 Å². The van der Waals surface area contributed by atoms with Crippen LogP contribution in [0, 0.1) is 0 Å². The molecule has 0 bridgehead atoms. The van der Waals surface area contributed by atoms with Crippen LogP contribution in [-0.4, -0.2) is 35.2 Å². The maximum absolute atomic E-state index is 9.30. The first-order chi connectivity index (χ1) is 4.63. The second-order valence-electron chi connectivity index (χ2n) is 3.40. The summed E-state index contributed by atoms with van der Waals surface area (Å²) in [6.07, 6.45) is 2.21. The van der Waals surface area contributed by atoms with Crippen molar-refractivity contribution in [3.63, 3.8) is 0 Å². The largest absolute Gasteiger partial charge is 0.392 e. The molecular formula is C8H17NO. The highest BCUT2D eigenvalue weighted by atomic mass is 16.3. The van der Waals surface area contributed by atoms with Crippen LogP contribution in [-0.2, 0) is 0 Å². The van der Waals surface area contributed by atoms with Crippen molar-refractivity contribution in [3.05, 3.63) is 0 Å². The molecule has 1 saturated heterocycles. The van der Waals surface area contributed by atoms with Gasteiger partial charge in [0.2, 0.25) is 0 Å². The minimum absolute atomic E-state index is 0.171. The van der Waals surface area contributed by atoms with Crippen LogP contribution >= 0.6 is 0 Å². The van der Waals surface area contributed by atoms with E-state index in [1.807, 2.05) is 6.92 Å². The number of likely N-dealkylation sites (N-methyl/N-ethyl adjacent to an activating group) is 1. The number of nitrogens with zero attached hydrogens (tertiary/aromatic N) is 1. The fourth-order valence-electron chi connectivity index (χ4n) is 1.73. The van der Waals surface area contributed by atoms with Gasteiger partial charge < -0.3 is 5.11 Å². The Morgan fingerprint density at radius 1 is 1.50 bits per heavy atom. The van der Waals surface area contributed by atoms with Gasteiger partial charge in [0.15, 0.2) is 0 Å². The molecule has 10 heavy (non-hydrogen) atoms. The monoisotopic (exact) mass is 143 g/mol. The van der Waals surface area contributed by atoms with Gasteiger partial charge in [-0.1, -0.05) is 0 Å². The average Bonchev–Trinajstić information content (AvgIpc) is 2.14. The molecule has 0 radical (unpaired) electrons. The van der Waals surface area contributed by atoms with Gasteiger partial charge in [0.1, 0.15) is 0 Å². The molecule has 0 unspecified atom stereocenters. The quantitative estimate of drug-likeness (QED) is 0.588. The van der Waals surface area contributed by atoms with E-state index in [-0.39, 0.29) is 6.10 Å². The van der Waals surface area contributed by atoms with Crippen molar-refractivity contribution in [2.75, 3.05) is 7.05 Å². The molecule has 0 saturated carbocycles. The Hall–Kier alpha value is -0.0800. The summed E-state index contributed by atoms with van der Waals surface area (Å²) in [4.78, 5) is 2.27. The first kappa shape index (κ1) is 8.02. The number of aliphatic hydroxyl groups is 1. The van der Waals surface area contributed by atoms with E-state index in [1.165, 1.54) is 6.42 Å². The van der Waals surface area contributed by atoms with E-state index in [0.29, 0.717) is 12.1 Å². The zero-order valence-electron chi connectivity index (χ0n) is 7.04. The summed E-state index contributed by atoms with van der Waals surface area (Å²) in [5.41, 5.74) is 0. The first-order valence-electron chi connectivity index (χ1n) is 4.03. The van der Waals surface area contributed by atoms with Gasteiger partial charge in [-0.25, -0.2) is 0 Å². The predicted octanol–water partition coefficient (Wildman–Crippen LogP) is 0.850. The molecular weight excluding hydrogens is 126 g/mol. The third kappa shape index (κ3) is 1.32. The lowest BCUT2D eigenvalue weighted by Crippen LogP contribution is -2.37. The lowest BCUT2D eigenvalue weighted by molar-refractivity contribution is 0.0885. The van der Waals surface area contributed by atoms with Crippen LogP contribution < -0.4 is 0 Å². The third-order valence-electron chi connectivity index (χ3n) is 2.66. The van der Waals surface area contributed by atoms with Gasteiger partial charge in [0.05, 0.1) is 6.10 Å². The highest BCUT2D eigenvalue weighted by Crippen LogP contribution is 2.23. The van der Waals surface area contributed by atoms with E-state index in [0.717, 1.165) is 6.42 Å². The van der Waals surface area contributed by atoms with Crippen molar-refractivity contribution in [1.82, 2.24) is 4.90 Å². The Morgan fingerprint density at radius 2 is 2.10 bits per heavy atom. The topological polar surface area (TPSA) is 23.5 Å². The van der Waals surface area contributed by atoms with Crippen molar-refractivity contribution in [1.29, 1.82) is 0 Å². The summed E-state index contributed by atoms with van der Waals surface area (Å²) in [7, 11) is 2.09. The Labute approximate surface area is 62.8 Å². The molecule has 1 N–H and O–H groups in total. The van der Waals surface area contributed by atoms with E-state index in [2.05, 4.69) is 18.9 Å². The lowest BCUT2D eigenvalue weighted by Gasteiger charge is -2.25. The summed E-state index contributed by atoms with van der Waals surface area (Å²) in [6.45, 7) is 4.08. The van der Waals surface area contributed by atoms with Gasteiger partial charge in [-0.15, -0.1) is 0 Å². The highest BCUT2D eigenvalue weighted by Gasteiger charge is 2.29. The molecule has 2 nitrogen and oxygen atoms in total. The van der Waals surface area contributed by atoms with Gasteiger partial charge >= 0.3 is 0 Å². The summed E-state index contributed by atoms with van der Waals surface area (Å²) in [5, 5.41) is 9.30. The number of aliphatic hydroxyl groups excluding tert-OH is 1. The van der Waals surface area contributed by atoms with Gasteiger partial charge in [-0.05, 0) is 33.7 Å². The molecule has 0 spiro atoms. The molecule has 1 aliphatic rings. The van der Waals surface area contributed by atoms with Crippen molar-refractivity contribution in [2.24, 2.45) is 0 Å². The van der Waals surface area contributed by atoms with Crippen molar-refractivity contribution in [3.8, 4) is 0 Å². The molecule has 0 amide bonds. The fourth-order valence-corrected chi connectivity index (χ4v) is 1.73. The second kappa shape index (κ2) is 2.89. The molecule has 2 heteroatoms. The minimum atomic E-state index is -0.171. The van der Waals surface area contributed by atoms with Crippen LogP contribution in [0.25, 0.3) is 0 Å². The maximum Gasteiger partial charge on any atom is 0.0667 e. The molecule has 0 aromatic carbocycles. The van der Waals surface area contributed by atoms with Crippen LogP contribution in [0.15, 0.2) is 0 Å². The molecule has 0 aromatic rings. The molecule has 0 aliphatic carbocycles. The molecule has 1 heterocycles. The Kier molecular flexibility index (Phi) is 2.32. The maximum atomic E-state index is 9.30. The van der Waals surface area contributed by atoms with E-state index in [9.17, 15) is 5.11 Å². The number of hydrogen-bond donors (Lipinski definition) is 1. The van der Waals surface area contributed by atoms with Gasteiger partial charge in [-0.3, -0.25) is 4.90 Å². The van der Waals surface area contributed by atoms with E-state index in [4.69, 9.17) is 0 Å². The van der Waals surface area contributed by atoms with E-state index in [1.54, 1.807) is 0 Å². The Bertz CT molecular complexity index is 114. The minimum Gasteiger partial charge on any atom is -0.392 e. The van der Waals surface area contributed by atoms with Crippen LogP contribution in [0.3, 0.4) is 0 Å². The zero-order valence-corrected chi connectivity index (χ0v) is 7.04. The van der Waals surface area contributed by atoms with E-state index >= 15 is 0 Å². The summed E-state index contributed by atoms with van der Waals surface area (Å²) in [5.74, 6) is 0. The molecule has 3 atom stereocenters. The number of likely N-dealkylation sites (tertiary alicyclic amines) is 1. The standard InChI is InChI=1S/C8H17NO/c1-6-4-5-8(7(2)10)9(6)3/h6-8,10H,4-5H2,1-3H3/t6-,7-,8-/m0/s1. The zero-order chi connectivity index (χ0) is 7.72. The summed E-state index contributed by atoms with van der Waals surface area (Å²) < 4.78 is 0. The van der Waals surface area contributed by atoms with Crippen LogP contribution in [0.5, 0.6) is 0 Å². The van der Waals surface area contributed by atoms with Gasteiger partial charge in [0.25, 0.3) is 0 Å². The first-order valence-corrected chi connectivity index (χ1v) is 4.03. The average molecular weight is 143 g/mol. The van der Waals surface area contributed by atoms with Crippen LogP contribution in [0.2, 0.25) is 0 Å². The lowest BCUT2D eigenvalue weighted by atomic mass is 10.1. The number of rotatable bonds is 1. The Balaban J connectivity index is 2.49. The van der Waals surface area contributed by atoms with Gasteiger partial charge in [0, 0.05) is 12.1 Å². The predicted molar refractivity (Wildman–Crippen MR) is 41.9 cm³/mol. The third-order valence-corrected chi connectivity index (χ3v) is 2.66. The van der Waals surface area contributed by atoms with Crippen LogP contribution in [0.1, 0.15) is 26.7 Å². The Morgan fingerprint density at radius 3 is 2.30 bits per heavy atom. The van der Waals surface area contributed by atoms with Crippen molar-refractivity contribution >= 4 is 0 Å². The summed E-state index contributed by atoms with van der Waals surface area (Å²) >= 11 is 0. The van der Waals surface area contributed by atoms with Crippen molar-refractivity contribution < 1.29 is 5.11 Å². The van der Waals surface area contributed by atoms with Crippen LogP contribution in [0.4, 0.5) is 0 Å². The van der Waals surface area contributed by atoms with E-state index < -0.39 is 0 Å². The molecule has 60 valence electrons. The molecule has 1 rings (SSSR count). The number of hydrogen-bond acceptors (Lipinski definition) is 2. The second-order valence-corrected chi connectivity index (χ2v) is 3.40.